The number of hydrogen-bond donors (Lipinski definition) is 1. The maximum absolute atomic E-state index is 10.9. The molecular formula is C13H26O3. The van der Waals surface area contributed by atoms with Gasteiger partial charge in [0.1, 0.15) is 6.10 Å². The topological polar surface area (TPSA) is 46.5 Å². The minimum absolute atomic E-state index is 0.294. The van der Waals surface area contributed by atoms with Crippen molar-refractivity contribution >= 4 is 5.97 Å². The SMILES string of the molecule is CCCCCC(OC(C)=O)C(O)CCCC. The highest BCUT2D eigenvalue weighted by molar-refractivity contribution is 5.66. The highest BCUT2D eigenvalue weighted by atomic mass is 16.6. The molecule has 0 rings (SSSR count). The number of carbonyl (C=O) groups excluding carboxylic acids is 1. The summed E-state index contributed by atoms with van der Waals surface area (Å²) in [5, 5.41) is 9.91. The molecule has 0 aromatic carbocycles. The van der Waals surface area contributed by atoms with Gasteiger partial charge in [-0.1, -0.05) is 39.5 Å². The third-order valence-corrected chi connectivity index (χ3v) is 2.69. The molecule has 96 valence electrons. The Hall–Kier alpha value is -0.570. The normalized spacial score (nSPS) is 14.5. The van der Waals surface area contributed by atoms with Crippen LogP contribution < -0.4 is 0 Å². The van der Waals surface area contributed by atoms with Crippen LogP contribution in [0, 0.1) is 0 Å². The summed E-state index contributed by atoms with van der Waals surface area (Å²) in [7, 11) is 0. The molecule has 0 aromatic heterocycles. The molecule has 0 aliphatic carbocycles. The van der Waals surface area contributed by atoms with Crippen LogP contribution in [-0.4, -0.2) is 23.3 Å². The summed E-state index contributed by atoms with van der Waals surface area (Å²) in [4.78, 5) is 10.9. The van der Waals surface area contributed by atoms with Crippen LogP contribution >= 0.6 is 0 Å². The second-order valence-electron chi connectivity index (χ2n) is 4.35. The zero-order valence-corrected chi connectivity index (χ0v) is 10.9. The first-order chi connectivity index (χ1) is 7.61. The molecule has 0 spiro atoms. The maximum Gasteiger partial charge on any atom is 0.302 e. The van der Waals surface area contributed by atoms with E-state index in [4.69, 9.17) is 4.74 Å². The second-order valence-corrected chi connectivity index (χ2v) is 4.35. The molecule has 2 unspecified atom stereocenters. The first kappa shape index (κ1) is 15.4. The van der Waals surface area contributed by atoms with E-state index in [0.717, 1.165) is 44.9 Å². The van der Waals surface area contributed by atoms with Crippen LogP contribution in [0.3, 0.4) is 0 Å². The standard InChI is InChI=1S/C13H26O3/c1-4-6-8-10-13(16-11(3)14)12(15)9-7-5-2/h12-13,15H,4-10H2,1-3H3. The van der Waals surface area contributed by atoms with Crippen molar-refractivity contribution in [1.82, 2.24) is 0 Å². The van der Waals surface area contributed by atoms with Gasteiger partial charge in [0.2, 0.25) is 0 Å². The van der Waals surface area contributed by atoms with Crippen LogP contribution in [0.15, 0.2) is 0 Å². The number of rotatable bonds is 9. The second kappa shape index (κ2) is 9.64. The molecular weight excluding hydrogens is 204 g/mol. The van der Waals surface area contributed by atoms with Gasteiger partial charge in [0.15, 0.2) is 0 Å². The lowest BCUT2D eigenvalue weighted by atomic mass is 10.0. The first-order valence-electron chi connectivity index (χ1n) is 6.47. The summed E-state index contributed by atoms with van der Waals surface area (Å²) < 4.78 is 5.17. The molecule has 3 heteroatoms. The molecule has 2 atom stereocenters. The van der Waals surface area contributed by atoms with Crippen LogP contribution in [0.4, 0.5) is 0 Å². The zero-order valence-electron chi connectivity index (χ0n) is 10.9. The number of carbonyl (C=O) groups is 1. The summed E-state index contributed by atoms with van der Waals surface area (Å²) >= 11 is 0. The van der Waals surface area contributed by atoms with Gasteiger partial charge in [-0.2, -0.15) is 0 Å². The van der Waals surface area contributed by atoms with Gasteiger partial charge in [-0.25, -0.2) is 0 Å². The molecule has 16 heavy (non-hydrogen) atoms. The Kier molecular flexibility index (Phi) is 9.30. The Balaban J connectivity index is 4.01. The van der Waals surface area contributed by atoms with Gasteiger partial charge in [0.05, 0.1) is 6.10 Å². The minimum atomic E-state index is -0.499. The van der Waals surface area contributed by atoms with E-state index in [0.29, 0.717) is 0 Å². The molecule has 0 aromatic rings. The van der Waals surface area contributed by atoms with Crippen molar-refractivity contribution in [2.45, 2.75) is 77.9 Å². The van der Waals surface area contributed by atoms with E-state index >= 15 is 0 Å². The van der Waals surface area contributed by atoms with Crippen molar-refractivity contribution < 1.29 is 14.6 Å². The van der Waals surface area contributed by atoms with E-state index in [-0.39, 0.29) is 12.1 Å². The molecule has 3 nitrogen and oxygen atoms in total. The molecule has 0 saturated carbocycles. The van der Waals surface area contributed by atoms with Gasteiger partial charge in [-0.05, 0) is 19.3 Å². The smallest absolute Gasteiger partial charge is 0.302 e. The van der Waals surface area contributed by atoms with E-state index in [1.54, 1.807) is 0 Å². The third kappa shape index (κ3) is 7.69. The molecule has 1 N–H and O–H groups in total. The predicted molar refractivity (Wildman–Crippen MR) is 65.2 cm³/mol. The fourth-order valence-corrected chi connectivity index (χ4v) is 1.74. The lowest BCUT2D eigenvalue weighted by Gasteiger charge is -2.22. The van der Waals surface area contributed by atoms with E-state index in [9.17, 15) is 9.90 Å². The van der Waals surface area contributed by atoms with Gasteiger partial charge < -0.3 is 9.84 Å². The number of unbranched alkanes of at least 4 members (excludes halogenated alkanes) is 3. The van der Waals surface area contributed by atoms with Crippen LogP contribution in [0.25, 0.3) is 0 Å². The van der Waals surface area contributed by atoms with Crippen molar-refractivity contribution in [2.75, 3.05) is 0 Å². The lowest BCUT2D eigenvalue weighted by molar-refractivity contribution is -0.153. The van der Waals surface area contributed by atoms with Crippen molar-refractivity contribution in [2.24, 2.45) is 0 Å². The number of aliphatic hydroxyl groups excluding tert-OH is 1. The first-order valence-corrected chi connectivity index (χ1v) is 6.47. The van der Waals surface area contributed by atoms with Gasteiger partial charge in [-0.3, -0.25) is 4.79 Å². The van der Waals surface area contributed by atoms with E-state index in [2.05, 4.69) is 13.8 Å². The minimum Gasteiger partial charge on any atom is -0.460 e. The molecule has 0 heterocycles. The Morgan fingerprint density at radius 3 is 2.25 bits per heavy atom. The highest BCUT2D eigenvalue weighted by Gasteiger charge is 2.20. The molecule has 0 aliphatic heterocycles. The van der Waals surface area contributed by atoms with E-state index < -0.39 is 6.10 Å². The van der Waals surface area contributed by atoms with Crippen LogP contribution in [-0.2, 0) is 9.53 Å². The van der Waals surface area contributed by atoms with E-state index in [1.165, 1.54) is 6.92 Å². The van der Waals surface area contributed by atoms with Gasteiger partial charge in [0, 0.05) is 6.92 Å². The molecule has 0 bridgehead atoms. The summed E-state index contributed by atoms with van der Waals surface area (Å²) in [5.74, 6) is -0.294. The monoisotopic (exact) mass is 230 g/mol. The number of aliphatic hydroxyl groups is 1. The predicted octanol–water partition coefficient (Wildman–Crippen LogP) is 3.05. The Morgan fingerprint density at radius 1 is 1.12 bits per heavy atom. The van der Waals surface area contributed by atoms with Gasteiger partial charge >= 0.3 is 5.97 Å². The number of ether oxygens (including phenoxy) is 1. The van der Waals surface area contributed by atoms with Crippen LogP contribution in [0.1, 0.15) is 65.7 Å². The summed E-state index contributed by atoms with van der Waals surface area (Å²) in [6, 6.07) is 0. The Morgan fingerprint density at radius 2 is 1.75 bits per heavy atom. The largest absolute Gasteiger partial charge is 0.460 e. The maximum atomic E-state index is 10.9. The van der Waals surface area contributed by atoms with Crippen molar-refractivity contribution in [3.05, 3.63) is 0 Å². The summed E-state index contributed by atoms with van der Waals surface area (Å²) in [5.41, 5.74) is 0. The zero-order chi connectivity index (χ0) is 12.4. The fourth-order valence-electron chi connectivity index (χ4n) is 1.74. The van der Waals surface area contributed by atoms with Crippen molar-refractivity contribution in [3.8, 4) is 0 Å². The molecule has 0 amide bonds. The summed E-state index contributed by atoms with van der Waals surface area (Å²) in [6.07, 6.45) is 5.99. The Labute approximate surface area is 99.2 Å². The van der Waals surface area contributed by atoms with Crippen LogP contribution in [0.5, 0.6) is 0 Å². The van der Waals surface area contributed by atoms with Gasteiger partial charge in [-0.15, -0.1) is 0 Å². The van der Waals surface area contributed by atoms with E-state index in [1.807, 2.05) is 0 Å². The van der Waals surface area contributed by atoms with Crippen molar-refractivity contribution in [1.29, 1.82) is 0 Å². The quantitative estimate of drug-likeness (QED) is 0.489. The highest BCUT2D eigenvalue weighted by Crippen LogP contribution is 2.15. The average Bonchev–Trinajstić information content (AvgIpc) is 2.24. The Bertz CT molecular complexity index is 180. The van der Waals surface area contributed by atoms with Gasteiger partial charge in [0.25, 0.3) is 0 Å². The molecule has 0 saturated heterocycles. The average molecular weight is 230 g/mol. The number of esters is 1. The molecule has 0 fully saturated rings. The van der Waals surface area contributed by atoms with Crippen LogP contribution in [0.2, 0.25) is 0 Å². The molecule has 0 aliphatic rings. The molecule has 0 radical (unpaired) electrons. The fraction of sp³-hybridized carbons (Fsp3) is 0.923. The number of hydrogen-bond acceptors (Lipinski definition) is 3. The summed E-state index contributed by atoms with van der Waals surface area (Å²) in [6.45, 7) is 5.62. The third-order valence-electron chi connectivity index (χ3n) is 2.69. The lowest BCUT2D eigenvalue weighted by Crippen LogP contribution is -2.30. The van der Waals surface area contributed by atoms with Crippen molar-refractivity contribution in [3.63, 3.8) is 0 Å².